The molecular formula is C8H17N2O4P. The zero-order valence-corrected chi connectivity index (χ0v) is 9.87. The second kappa shape index (κ2) is 5.88. The van der Waals surface area contributed by atoms with Crippen molar-refractivity contribution in [2.45, 2.75) is 25.4 Å². The molecule has 0 bridgehead atoms. The highest BCUT2D eigenvalue weighted by Crippen LogP contribution is 2.15. The maximum Gasteiger partial charge on any atom is 0.344 e. The minimum absolute atomic E-state index is 0.143. The van der Waals surface area contributed by atoms with Gasteiger partial charge < -0.3 is 15.0 Å². The number of carboxylic acids is 1. The number of hydrogen-bond acceptors (Lipinski definition) is 4. The van der Waals surface area contributed by atoms with Crippen molar-refractivity contribution in [2.24, 2.45) is 5.73 Å². The smallest absolute Gasteiger partial charge is 0.344 e. The molecule has 2 unspecified atom stereocenters. The minimum Gasteiger partial charge on any atom is -0.479 e. The molecule has 0 spiro atoms. The predicted molar refractivity (Wildman–Crippen MR) is 57.4 cm³/mol. The molecule has 0 aromatic rings. The number of rotatable bonds is 6. The van der Waals surface area contributed by atoms with Crippen molar-refractivity contribution in [1.29, 1.82) is 0 Å². The van der Waals surface area contributed by atoms with E-state index in [1.54, 1.807) is 6.66 Å². The van der Waals surface area contributed by atoms with E-state index in [0.717, 1.165) is 0 Å². The van der Waals surface area contributed by atoms with Gasteiger partial charge in [0.15, 0.2) is 5.66 Å². The zero-order valence-electron chi connectivity index (χ0n) is 8.87. The average Bonchev–Trinajstić information content (AvgIpc) is 2.01. The summed E-state index contributed by atoms with van der Waals surface area (Å²) in [6, 6.07) is 0. The van der Waals surface area contributed by atoms with Crippen LogP contribution in [0.5, 0.6) is 0 Å². The number of aliphatic carboxylic acids is 1. The number of hydrogen-bond donors (Lipinski definition) is 3. The minimum atomic E-state index is -1.74. The lowest BCUT2D eigenvalue weighted by Crippen LogP contribution is -2.59. The van der Waals surface area contributed by atoms with E-state index in [9.17, 15) is 14.2 Å². The quantitative estimate of drug-likeness (QED) is 0.438. The monoisotopic (exact) mass is 236 g/mol. The standard InChI is InChI=1S/C8H17N2O4P/c1-8(9,7(12)13)10-6(11)4-3-5-15(2)14/h15H,3-5,9H2,1-2H3,(H,10,11)(H,12,13). The molecule has 0 aliphatic carbocycles. The van der Waals surface area contributed by atoms with Crippen LogP contribution in [0.4, 0.5) is 0 Å². The summed E-state index contributed by atoms with van der Waals surface area (Å²) >= 11 is 0. The van der Waals surface area contributed by atoms with Crippen LogP contribution in [0.2, 0.25) is 0 Å². The highest BCUT2D eigenvalue weighted by Gasteiger charge is 2.29. The molecule has 6 nitrogen and oxygen atoms in total. The summed E-state index contributed by atoms with van der Waals surface area (Å²) < 4.78 is 10.8. The number of carbonyl (C=O) groups excluding carboxylic acids is 1. The summed E-state index contributed by atoms with van der Waals surface area (Å²) in [7, 11) is -1.57. The van der Waals surface area contributed by atoms with Crippen molar-refractivity contribution in [1.82, 2.24) is 5.32 Å². The number of carboxylic acid groups (broad SMARTS) is 1. The Hall–Kier alpha value is -0.870. The molecule has 0 rings (SSSR count). The molecule has 1 amide bonds. The lowest BCUT2D eigenvalue weighted by atomic mass is 10.2. The van der Waals surface area contributed by atoms with Crippen LogP contribution in [0.1, 0.15) is 19.8 Å². The molecule has 88 valence electrons. The number of amides is 1. The van der Waals surface area contributed by atoms with Crippen LogP contribution < -0.4 is 11.1 Å². The van der Waals surface area contributed by atoms with Crippen LogP contribution in [0.25, 0.3) is 0 Å². The van der Waals surface area contributed by atoms with E-state index in [2.05, 4.69) is 5.32 Å². The largest absolute Gasteiger partial charge is 0.479 e. The fourth-order valence-corrected chi connectivity index (χ4v) is 1.58. The summed E-state index contributed by atoms with van der Waals surface area (Å²) in [6.07, 6.45) is 1.12. The van der Waals surface area contributed by atoms with Crippen LogP contribution >= 0.6 is 7.80 Å². The molecule has 0 fully saturated rings. The second-order valence-electron chi connectivity index (χ2n) is 3.61. The number of nitrogens with two attached hydrogens (primary N) is 1. The Balaban J connectivity index is 3.94. The van der Waals surface area contributed by atoms with Crippen molar-refractivity contribution in [3.05, 3.63) is 0 Å². The maximum absolute atomic E-state index is 11.2. The van der Waals surface area contributed by atoms with Crippen molar-refractivity contribution >= 4 is 19.7 Å². The van der Waals surface area contributed by atoms with Gasteiger partial charge in [0.2, 0.25) is 5.91 Å². The molecule has 0 aromatic carbocycles. The predicted octanol–water partition coefficient (Wildman–Crippen LogP) is -0.168. The molecule has 0 aliphatic heterocycles. The van der Waals surface area contributed by atoms with Gasteiger partial charge in [-0.25, -0.2) is 4.79 Å². The van der Waals surface area contributed by atoms with Crippen LogP contribution in [0.3, 0.4) is 0 Å². The van der Waals surface area contributed by atoms with E-state index < -0.39 is 25.3 Å². The normalized spacial score (nSPS) is 16.5. The van der Waals surface area contributed by atoms with Crippen LogP contribution in [0, 0.1) is 0 Å². The van der Waals surface area contributed by atoms with Gasteiger partial charge in [0.25, 0.3) is 0 Å². The molecule has 0 aliphatic rings. The Morgan fingerprint density at radius 3 is 2.47 bits per heavy atom. The summed E-state index contributed by atoms with van der Waals surface area (Å²) in [4.78, 5) is 21.8. The van der Waals surface area contributed by atoms with Crippen molar-refractivity contribution in [3.8, 4) is 0 Å². The molecule has 2 atom stereocenters. The lowest BCUT2D eigenvalue weighted by molar-refractivity contribution is -0.146. The zero-order chi connectivity index (χ0) is 12.1. The SMILES string of the molecule is C[PH](=O)CCCC(=O)NC(C)(N)C(=O)O. The molecule has 0 saturated heterocycles. The molecule has 0 heterocycles. The molecule has 0 radical (unpaired) electrons. The molecule has 4 N–H and O–H groups in total. The maximum atomic E-state index is 11.2. The fourth-order valence-electron chi connectivity index (χ4n) is 0.903. The van der Waals surface area contributed by atoms with Gasteiger partial charge in [-0.3, -0.25) is 10.5 Å². The van der Waals surface area contributed by atoms with Gasteiger partial charge in [0, 0.05) is 6.42 Å². The highest BCUT2D eigenvalue weighted by atomic mass is 31.1. The number of carbonyl (C=O) groups is 2. The van der Waals surface area contributed by atoms with E-state index in [-0.39, 0.29) is 6.42 Å². The van der Waals surface area contributed by atoms with E-state index in [0.29, 0.717) is 12.6 Å². The van der Waals surface area contributed by atoms with E-state index in [1.807, 2.05) is 0 Å². The second-order valence-corrected chi connectivity index (χ2v) is 5.52. The molecule has 15 heavy (non-hydrogen) atoms. The summed E-state index contributed by atoms with van der Waals surface area (Å²) in [6.45, 7) is 2.82. The Morgan fingerprint density at radius 1 is 1.53 bits per heavy atom. The molecule has 0 aromatic heterocycles. The van der Waals surface area contributed by atoms with Gasteiger partial charge in [0.1, 0.15) is 0 Å². The molecular weight excluding hydrogens is 219 g/mol. The average molecular weight is 236 g/mol. The molecule has 7 heteroatoms. The fraction of sp³-hybridized carbons (Fsp3) is 0.750. The Labute approximate surface area is 89.0 Å². The van der Waals surface area contributed by atoms with Gasteiger partial charge in [-0.05, 0) is 26.2 Å². The van der Waals surface area contributed by atoms with Crippen LogP contribution in [0.15, 0.2) is 0 Å². The Morgan fingerprint density at radius 2 is 2.07 bits per heavy atom. The van der Waals surface area contributed by atoms with Crippen molar-refractivity contribution in [2.75, 3.05) is 12.8 Å². The third-order valence-electron chi connectivity index (χ3n) is 1.78. The summed E-state index contributed by atoms with van der Waals surface area (Å²) in [5.74, 6) is -1.73. The van der Waals surface area contributed by atoms with E-state index >= 15 is 0 Å². The third-order valence-corrected chi connectivity index (χ3v) is 2.83. The first-order valence-electron chi connectivity index (χ1n) is 4.58. The van der Waals surface area contributed by atoms with Gasteiger partial charge >= 0.3 is 5.97 Å². The van der Waals surface area contributed by atoms with Gasteiger partial charge in [-0.1, -0.05) is 0 Å². The van der Waals surface area contributed by atoms with E-state index in [1.165, 1.54) is 6.92 Å². The lowest BCUT2D eigenvalue weighted by Gasteiger charge is -2.20. The first-order valence-corrected chi connectivity index (χ1v) is 6.70. The van der Waals surface area contributed by atoms with Gasteiger partial charge in [0.05, 0.1) is 7.80 Å². The first-order chi connectivity index (χ1) is 6.75. The summed E-state index contributed by atoms with van der Waals surface area (Å²) in [5, 5.41) is 10.8. The Bertz CT molecular complexity index is 278. The van der Waals surface area contributed by atoms with Crippen molar-refractivity contribution < 1.29 is 19.3 Å². The Kier molecular flexibility index (Phi) is 5.54. The topological polar surface area (TPSA) is 109 Å². The van der Waals surface area contributed by atoms with Crippen LogP contribution in [-0.2, 0) is 14.2 Å². The van der Waals surface area contributed by atoms with Crippen molar-refractivity contribution in [3.63, 3.8) is 0 Å². The van der Waals surface area contributed by atoms with Gasteiger partial charge in [-0.2, -0.15) is 0 Å². The van der Waals surface area contributed by atoms with Crippen LogP contribution in [-0.4, -0.2) is 35.5 Å². The molecule has 0 saturated carbocycles. The third kappa shape index (κ3) is 6.25. The van der Waals surface area contributed by atoms with E-state index in [4.69, 9.17) is 10.8 Å². The number of nitrogens with one attached hydrogen (secondary N) is 1. The summed E-state index contributed by atoms with van der Waals surface area (Å²) in [5.41, 5.74) is 3.56. The van der Waals surface area contributed by atoms with Gasteiger partial charge in [-0.15, -0.1) is 0 Å². The highest BCUT2D eigenvalue weighted by molar-refractivity contribution is 7.43. The first kappa shape index (κ1) is 14.1.